The zero-order valence-corrected chi connectivity index (χ0v) is 18.1. The number of rotatable bonds is 9. The SMILES string of the molecule is CO[C@@H](Cc1cccc2c(OCCc3nc(-c4ccccc4)oc3C)csc12)C(=O)O. The second kappa shape index (κ2) is 9.32. The normalized spacial score (nSPS) is 12.2. The lowest BCUT2D eigenvalue weighted by Crippen LogP contribution is -2.24. The summed E-state index contributed by atoms with van der Waals surface area (Å²) in [6, 6.07) is 15.7. The molecule has 4 aromatic rings. The summed E-state index contributed by atoms with van der Waals surface area (Å²) in [5.41, 5.74) is 2.76. The van der Waals surface area contributed by atoms with Crippen LogP contribution in [0.15, 0.2) is 58.3 Å². The van der Waals surface area contributed by atoms with E-state index in [1.807, 2.05) is 60.8 Å². The quantitative estimate of drug-likeness (QED) is 0.391. The van der Waals surface area contributed by atoms with Crippen molar-refractivity contribution in [1.82, 2.24) is 4.98 Å². The molecule has 0 unspecified atom stereocenters. The van der Waals surface area contributed by atoms with E-state index in [0.717, 1.165) is 38.4 Å². The van der Waals surface area contributed by atoms with Gasteiger partial charge in [-0.25, -0.2) is 9.78 Å². The second-order valence-corrected chi connectivity index (χ2v) is 8.03. The predicted molar refractivity (Wildman–Crippen MR) is 120 cm³/mol. The Labute approximate surface area is 184 Å². The third-order valence-corrected chi connectivity index (χ3v) is 6.17. The molecule has 0 bridgehead atoms. The number of aromatic nitrogens is 1. The van der Waals surface area contributed by atoms with Crippen molar-refractivity contribution < 1.29 is 23.8 Å². The first-order valence-electron chi connectivity index (χ1n) is 9.96. The lowest BCUT2D eigenvalue weighted by atomic mass is 10.1. The molecule has 0 saturated carbocycles. The summed E-state index contributed by atoms with van der Waals surface area (Å²) in [6.07, 6.45) is 0.0686. The highest BCUT2D eigenvalue weighted by atomic mass is 32.1. The minimum absolute atomic E-state index is 0.309. The molecule has 0 aliphatic carbocycles. The number of nitrogens with zero attached hydrogens (tertiary/aromatic N) is 1. The number of carbonyl (C=O) groups is 1. The van der Waals surface area contributed by atoms with E-state index in [2.05, 4.69) is 4.98 Å². The molecular weight excluding hydrogens is 414 g/mol. The first-order chi connectivity index (χ1) is 15.1. The molecule has 6 nitrogen and oxygen atoms in total. The predicted octanol–water partition coefficient (Wildman–Crippen LogP) is 5.13. The molecule has 2 aromatic carbocycles. The van der Waals surface area contributed by atoms with Crippen LogP contribution in [0.1, 0.15) is 17.0 Å². The molecule has 0 radical (unpaired) electrons. The van der Waals surface area contributed by atoms with Gasteiger partial charge in [-0.15, -0.1) is 11.3 Å². The molecule has 0 fully saturated rings. The van der Waals surface area contributed by atoms with Crippen molar-refractivity contribution in [3.8, 4) is 17.2 Å². The van der Waals surface area contributed by atoms with E-state index in [0.29, 0.717) is 25.3 Å². The maximum absolute atomic E-state index is 11.3. The molecule has 7 heteroatoms. The van der Waals surface area contributed by atoms with Crippen molar-refractivity contribution in [1.29, 1.82) is 0 Å². The standard InChI is InChI=1S/C24H23NO5S/c1-15-19(25-23(30-15)16-7-4-3-5-8-16)11-12-29-21-14-31-22-17(9-6-10-18(21)22)13-20(28-2)24(26)27/h3-10,14,20H,11-13H2,1-2H3,(H,26,27)/t20-/m0/s1. The fourth-order valence-corrected chi connectivity index (χ4v) is 4.48. The van der Waals surface area contributed by atoms with Crippen molar-refractivity contribution in [2.24, 2.45) is 0 Å². The van der Waals surface area contributed by atoms with Gasteiger partial charge >= 0.3 is 5.97 Å². The van der Waals surface area contributed by atoms with Crippen LogP contribution in [0.5, 0.6) is 5.75 Å². The van der Waals surface area contributed by atoms with E-state index in [9.17, 15) is 9.90 Å². The van der Waals surface area contributed by atoms with E-state index < -0.39 is 12.1 Å². The minimum Gasteiger partial charge on any atom is -0.492 e. The maximum Gasteiger partial charge on any atom is 0.333 e. The number of fused-ring (bicyclic) bond motifs is 1. The summed E-state index contributed by atoms with van der Waals surface area (Å²) in [4.78, 5) is 15.9. The molecule has 0 spiro atoms. The Bertz CT molecular complexity index is 1180. The zero-order valence-electron chi connectivity index (χ0n) is 17.3. The van der Waals surface area contributed by atoms with Gasteiger partial charge in [0.25, 0.3) is 0 Å². The number of hydrogen-bond donors (Lipinski definition) is 1. The Morgan fingerprint density at radius 3 is 2.74 bits per heavy atom. The summed E-state index contributed by atoms with van der Waals surface area (Å²) in [6.45, 7) is 2.38. The number of ether oxygens (including phenoxy) is 2. The summed E-state index contributed by atoms with van der Waals surface area (Å²) in [5, 5.41) is 12.2. The van der Waals surface area contributed by atoms with Crippen LogP contribution in [0, 0.1) is 6.92 Å². The zero-order chi connectivity index (χ0) is 21.8. The van der Waals surface area contributed by atoms with E-state index in [1.165, 1.54) is 7.11 Å². The molecule has 0 saturated heterocycles. The van der Waals surface area contributed by atoms with E-state index >= 15 is 0 Å². The number of thiophene rings is 1. The van der Waals surface area contributed by atoms with Gasteiger partial charge in [-0.3, -0.25) is 0 Å². The number of hydrogen-bond acceptors (Lipinski definition) is 6. The van der Waals surface area contributed by atoms with Gasteiger partial charge in [0.05, 0.1) is 12.3 Å². The van der Waals surface area contributed by atoms with E-state index in [4.69, 9.17) is 13.9 Å². The lowest BCUT2D eigenvalue weighted by Gasteiger charge is -2.11. The third-order valence-electron chi connectivity index (χ3n) is 5.12. The van der Waals surface area contributed by atoms with Gasteiger partial charge < -0.3 is 19.0 Å². The molecule has 0 aliphatic rings. The average molecular weight is 438 g/mol. The highest BCUT2D eigenvalue weighted by molar-refractivity contribution is 7.17. The second-order valence-electron chi connectivity index (χ2n) is 7.15. The molecule has 4 rings (SSSR count). The molecular formula is C24H23NO5S. The average Bonchev–Trinajstić information content (AvgIpc) is 3.36. The van der Waals surface area contributed by atoms with Crippen molar-refractivity contribution in [3.63, 3.8) is 0 Å². The number of benzene rings is 2. The summed E-state index contributed by atoms with van der Waals surface area (Å²) in [7, 11) is 1.41. The van der Waals surface area contributed by atoms with Crippen LogP contribution in [-0.4, -0.2) is 35.9 Å². The van der Waals surface area contributed by atoms with E-state index in [1.54, 1.807) is 11.3 Å². The summed E-state index contributed by atoms with van der Waals surface area (Å²) in [5.74, 6) is 1.23. The molecule has 31 heavy (non-hydrogen) atoms. The van der Waals surface area contributed by atoms with Crippen molar-refractivity contribution >= 4 is 27.4 Å². The topological polar surface area (TPSA) is 81.8 Å². The number of methoxy groups -OCH3 is 1. The number of aryl methyl sites for hydroxylation is 1. The van der Waals surface area contributed by atoms with Gasteiger partial charge in [0.1, 0.15) is 11.5 Å². The summed E-state index contributed by atoms with van der Waals surface area (Å²) >= 11 is 1.55. The Kier molecular flexibility index (Phi) is 6.34. The number of oxazole rings is 1. The van der Waals surface area contributed by atoms with Crippen LogP contribution in [0.25, 0.3) is 21.5 Å². The van der Waals surface area contributed by atoms with Crippen LogP contribution in [-0.2, 0) is 22.4 Å². The first kappa shape index (κ1) is 21.1. The number of aliphatic carboxylic acids is 1. The van der Waals surface area contributed by atoms with Crippen LogP contribution >= 0.6 is 11.3 Å². The van der Waals surface area contributed by atoms with Crippen LogP contribution in [0.2, 0.25) is 0 Å². The van der Waals surface area contributed by atoms with Crippen molar-refractivity contribution in [2.75, 3.05) is 13.7 Å². The molecule has 1 atom stereocenters. The van der Waals surface area contributed by atoms with Crippen molar-refractivity contribution in [3.05, 3.63) is 70.9 Å². The van der Waals surface area contributed by atoms with Gasteiger partial charge in [-0.2, -0.15) is 0 Å². The minimum atomic E-state index is -0.967. The Morgan fingerprint density at radius 1 is 1.19 bits per heavy atom. The van der Waals surface area contributed by atoms with Crippen molar-refractivity contribution in [2.45, 2.75) is 25.9 Å². The molecule has 2 aromatic heterocycles. The fourth-order valence-electron chi connectivity index (χ4n) is 3.46. The van der Waals surface area contributed by atoms with Gasteiger partial charge in [0.15, 0.2) is 6.10 Å². The van der Waals surface area contributed by atoms with Gasteiger partial charge in [-0.05, 0) is 30.7 Å². The molecule has 1 N–H and O–H groups in total. The van der Waals surface area contributed by atoms with Crippen LogP contribution < -0.4 is 4.74 Å². The molecule has 2 heterocycles. The largest absolute Gasteiger partial charge is 0.492 e. The third kappa shape index (κ3) is 4.62. The first-order valence-corrected chi connectivity index (χ1v) is 10.8. The van der Waals surface area contributed by atoms with Gasteiger partial charge in [-0.1, -0.05) is 30.3 Å². The maximum atomic E-state index is 11.3. The smallest absolute Gasteiger partial charge is 0.333 e. The van der Waals surface area contributed by atoms with Gasteiger partial charge in [0, 0.05) is 41.0 Å². The monoisotopic (exact) mass is 437 g/mol. The Hall–Kier alpha value is -3.16. The number of carboxylic acid groups (broad SMARTS) is 1. The van der Waals surface area contributed by atoms with Gasteiger partial charge in [0.2, 0.25) is 5.89 Å². The molecule has 0 amide bonds. The highest BCUT2D eigenvalue weighted by Crippen LogP contribution is 2.35. The van der Waals surface area contributed by atoms with E-state index in [-0.39, 0.29) is 0 Å². The fraction of sp³-hybridized carbons (Fsp3) is 0.250. The van der Waals surface area contributed by atoms with Crippen LogP contribution in [0.4, 0.5) is 0 Å². The molecule has 160 valence electrons. The lowest BCUT2D eigenvalue weighted by molar-refractivity contribution is -0.148. The molecule has 0 aliphatic heterocycles. The Balaban J connectivity index is 1.45. The van der Waals surface area contributed by atoms with Crippen LogP contribution in [0.3, 0.4) is 0 Å². The Morgan fingerprint density at radius 2 is 2.00 bits per heavy atom. The highest BCUT2D eigenvalue weighted by Gasteiger charge is 2.19. The summed E-state index contributed by atoms with van der Waals surface area (Å²) < 4.78 is 18.0. The number of carboxylic acids is 1.